The van der Waals surface area contributed by atoms with Crippen molar-refractivity contribution >= 4 is 35.1 Å². The number of Topliss-reactive ketones (excluding diaryl/α,β-unsaturated/α-hetero) is 1. The third-order valence-corrected chi connectivity index (χ3v) is 7.63. The van der Waals surface area contributed by atoms with Gasteiger partial charge in [0.25, 0.3) is 5.91 Å². The zero-order valence-electron chi connectivity index (χ0n) is 18.9. The first-order valence-electron chi connectivity index (χ1n) is 11.7. The second-order valence-electron chi connectivity index (χ2n) is 9.52. The zero-order chi connectivity index (χ0) is 25.3. The maximum absolute atomic E-state index is 15.2. The molecule has 1 saturated carbocycles. The lowest BCUT2D eigenvalue weighted by Crippen LogP contribution is -2.55. The quantitative estimate of drug-likeness (QED) is 0.558. The van der Waals surface area contributed by atoms with Gasteiger partial charge in [0.15, 0.2) is 5.78 Å². The van der Waals surface area contributed by atoms with Gasteiger partial charge in [-0.3, -0.25) is 19.2 Å². The van der Waals surface area contributed by atoms with E-state index in [1.807, 2.05) is 0 Å². The Hall–Kier alpha value is -2.62. The minimum atomic E-state index is -3.92. The molecule has 0 bridgehead atoms. The van der Waals surface area contributed by atoms with E-state index in [1.54, 1.807) is 0 Å². The summed E-state index contributed by atoms with van der Waals surface area (Å²) in [5, 5.41) is 5.16. The second-order valence-corrected chi connectivity index (χ2v) is 9.95. The molecule has 3 aliphatic rings. The van der Waals surface area contributed by atoms with Crippen LogP contribution in [0.2, 0.25) is 5.02 Å². The lowest BCUT2D eigenvalue weighted by atomic mass is 9.92. The topological polar surface area (TPSA) is 95.6 Å². The van der Waals surface area contributed by atoms with Gasteiger partial charge in [-0.05, 0) is 49.7 Å². The van der Waals surface area contributed by atoms with Gasteiger partial charge in [0.1, 0.15) is 12.7 Å². The molecule has 190 valence electrons. The molecule has 2 heterocycles. The first kappa shape index (κ1) is 25.5. The molecule has 2 aliphatic heterocycles. The van der Waals surface area contributed by atoms with E-state index in [1.165, 1.54) is 12.1 Å². The number of nitrogens with one attached hydrogen (secondary N) is 2. The third kappa shape index (κ3) is 5.03. The van der Waals surface area contributed by atoms with E-state index in [-0.39, 0.29) is 35.7 Å². The largest absolute Gasteiger partial charge is 0.356 e. The Labute approximate surface area is 205 Å². The number of fused-ring (bicyclic) bond motifs is 1. The minimum Gasteiger partial charge on any atom is -0.356 e. The molecule has 3 fully saturated rings. The van der Waals surface area contributed by atoms with E-state index in [0.29, 0.717) is 25.8 Å². The number of alkyl halides is 3. The number of hydrogen-bond acceptors (Lipinski definition) is 4. The fourth-order valence-corrected chi connectivity index (χ4v) is 5.80. The molecule has 11 heteroatoms. The van der Waals surface area contributed by atoms with E-state index < -0.39 is 53.8 Å². The van der Waals surface area contributed by atoms with Crippen LogP contribution in [-0.4, -0.2) is 60.3 Å². The monoisotopic (exact) mass is 513 g/mol. The number of carbonyl (C=O) groups is 4. The molecule has 1 aromatic rings. The van der Waals surface area contributed by atoms with Crippen LogP contribution in [0.25, 0.3) is 0 Å². The molecule has 2 saturated heterocycles. The molecule has 0 unspecified atom stereocenters. The molecule has 4 rings (SSSR count). The van der Waals surface area contributed by atoms with Crippen LogP contribution in [0, 0.1) is 17.8 Å². The summed E-state index contributed by atoms with van der Waals surface area (Å²) in [4.78, 5) is 51.5. The fourth-order valence-electron chi connectivity index (χ4n) is 5.61. The van der Waals surface area contributed by atoms with Gasteiger partial charge >= 0.3 is 5.92 Å². The van der Waals surface area contributed by atoms with Crippen molar-refractivity contribution in [2.75, 3.05) is 19.8 Å². The highest BCUT2D eigenvalue weighted by Crippen LogP contribution is 2.44. The predicted octanol–water partition coefficient (Wildman–Crippen LogP) is 2.61. The molecule has 1 aromatic carbocycles. The molecular weight excluding hydrogens is 487 g/mol. The maximum Gasteiger partial charge on any atom is 0.350 e. The van der Waals surface area contributed by atoms with Gasteiger partial charge in [0, 0.05) is 29.6 Å². The van der Waals surface area contributed by atoms with Crippen LogP contribution in [0.1, 0.15) is 37.7 Å². The molecule has 0 spiro atoms. The summed E-state index contributed by atoms with van der Waals surface area (Å²) in [5.41, 5.74) is -0.580. The number of amides is 3. The summed E-state index contributed by atoms with van der Waals surface area (Å²) in [7, 11) is 0. The van der Waals surface area contributed by atoms with Crippen molar-refractivity contribution in [1.29, 1.82) is 0 Å². The first-order chi connectivity index (χ1) is 16.6. The maximum atomic E-state index is 15.2. The predicted molar refractivity (Wildman–Crippen MR) is 120 cm³/mol. The number of benzene rings is 1. The van der Waals surface area contributed by atoms with Gasteiger partial charge in [-0.1, -0.05) is 30.2 Å². The minimum absolute atomic E-state index is 0.00943. The molecule has 1 aliphatic carbocycles. The van der Waals surface area contributed by atoms with Crippen LogP contribution in [0.5, 0.6) is 0 Å². The molecular formula is C24H27ClF3N3O4. The summed E-state index contributed by atoms with van der Waals surface area (Å²) in [6, 6.07) is 2.33. The highest BCUT2D eigenvalue weighted by molar-refractivity contribution is 6.30. The standard InChI is InChI=1S/C24H27ClF3N3O4/c25-16-5-2-4-15(10-16)24(27,28)23(35)31-12-14-3-1-6-17(14)20(31)22(34)30-18(19(32)11-26)9-13-7-8-29-21(13)33/h2,4-5,10,13-14,17-18,20H,1,3,6-9,11-12H2,(H,29,33)(H,30,34)/t13-,14-,17-,18-,20+/m1/s1. The van der Waals surface area contributed by atoms with Gasteiger partial charge < -0.3 is 15.5 Å². The first-order valence-corrected chi connectivity index (χ1v) is 12.1. The Bertz CT molecular complexity index is 1020. The van der Waals surface area contributed by atoms with Crippen LogP contribution < -0.4 is 10.6 Å². The summed E-state index contributed by atoms with van der Waals surface area (Å²) < 4.78 is 43.7. The van der Waals surface area contributed by atoms with Crippen LogP contribution in [0.15, 0.2) is 24.3 Å². The SMILES string of the molecule is O=C1NCC[C@@H]1C[C@@H](NC(=O)[C@@H]1[C@@H]2CCC[C@@H]2CN1C(=O)C(F)(F)c1cccc(Cl)c1)C(=O)CF. The van der Waals surface area contributed by atoms with Crippen molar-refractivity contribution in [3.63, 3.8) is 0 Å². The van der Waals surface area contributed by atoms with Crippen molar-refractivity contribution in [1.82, 2.24) is 15.5 Å². The van der Waals surface area contributed by atoms with E-state index in [9.17, 15) is 23.6 Å². The summed E-state index contributed by atoms with van der Waals surface area (Å²) in [6.07, 6.45) is 2.40. The van der Waals surface area contributed by atoms with Crippen molar-refractivity contribution in [3.05, 3.63) is 34.9 Å². The van der Waals surface area contributed by atoms with Crippen LogP contribution in [-0.2, 0) is 25.1 Å². The lowest BCUT2D eigenvalue weighted by Gasteiger charge is -2.31. The summed E-state index contributed by atoms with van der Waals surface area (Å²) in [6.45, 7) is -0.933. The van der Waals surface area contributed by atoms with Crippen molar-refractivity contribution in [2.24, 2.45) is 17.8 Å². The number of nitrogens with zero attached hydrogens (tertiary/aromatic N) is 1. The van der Waals surface area contributed by atoms with Gasteiger partial charge in [-0.15, -0.1) is 0 Å². The average molecular weight is 514 g/mol. The van der Waals surface area contributed by atoms with E-state index in [0.717, 1.165) is 23.5 Å². The van der Waals surface area contributed by atoms with E-state index >= 15 is 8.78 Å². The molecule has 0 radical (unpaired) electrons. The Kier molecular flexibility index (Phi) is 7.40. The lowest BCUT2D eigenvalue weighted by molar-refractivity contribution is -0.162. The van der Waals surface area contributed by atoms with Gasteiger partial charge in [0.2, 0.25) is 11.8 Å². The second kappa shape index (κ2) is 10.2. The number of hydrogen-bond donors (Lipinski definition) is 2. The third-order valence-electron chi connectivity index (χ3n) is 7.40. The number of rotatable bonds is 8. The van der Waals surface area contributed by atoms with E-state index in [4.69, 9.17) is 11.6 Å². The van der Waals surface area contributed by atoms with Crippen LogP contribution >= 0.6 is 11.6 Å². The number of carbonyl (C=O) groups excluding carboxylic acids is 4. The Morgan fingerprint density at radius 3 is 2.66 bits per heavy atom. The van der Waals surface area contributed by atoms with Gasteiger partial charge in [0.05, 0.1) is 6.04 Å². The number of halogens is 4. The Morgan fingerprint density at radius 2 is 2.00 bits per heavy atom. The van der Waals surface area contributed by atoms with Crippen molar-refractivity contribution < 1.29 is 32.3 Å². The normalized spacial score (nSPS) is 26.9. The van der Waals surface area contributed by atoms with Crippen LogP contribution in [0.3, 0.4) is 0 Å². The summed E-state index contributed by atoms with van der Waals surface area (Å²) in [5.74, 6) is -8.43. The van der Waals surface area contributed by atoms with Crippen LogP contribution in [0.4, 0.5) is 13.2 Å². The number of likely N-dealkylation sites (tertiary alicyclic amines) is 1. The zero-order valence-corrected chi connectivity index (χ0v) is 19.7. The smallest absolute Gasteiger partial charge is 0.350 e. The molecule has 7 nitrogen and oxygen atoms in total. The van der Waals surface area contributed by atoms with E-state index in [2.05, 4.69) is 10.6 Å². The molecule has 5 atom stereocenters. The van der Waals surface area contributed by atoms with Gasteiger partial charge in [-0.2, -0.15) is 8.78 Å². The Morgan fingerprint density at radius 1 is 1.23 bits per heavy atom. The highest BCUT2D eigenvalue weighted by Gasteiger charge is 2.55. The fraction of sp³-hybridized carbons (Fsp3) is 0.583. The Balaban J connectivity index is 1.57. The molecule has 2 N–H and O–H groups in total. The van der Waals surface area contributed by atoms with Crippen molar-refractivity contribution in [2.45, 2.75) is 50.1 Å². The number of ketones is 1. The summed E-state index contributed by atoms with van der Waals surface area (Å²) >= 11 is 5.84. The average Bonchev–Trinajstić information content (AvgIpc) is 3.53. The van der Waals surface area contributed by atoms with Gasteiger partial charge in [-0.25, -0.2) is 4.39 Å². The van der Waals surface area contributed by atoms with Crippen molar-refractivity contribution in [3.8, 4) is 0 Å². The molecule has 35 heavy (non-hydrogen) atoms. The molecule has 0 aromatic heterocycles. The highest BCUT2D eigenvalue weighted by atomic mass is 35.5. The molecule has 3 amide bonds.